The van der Waals surface area contributed by atoms with Gasteiger partial charge in [0.25, 0.3) is 0 Å². The molecule has 0 saturated carbocycles. The summed E-state index contributed by atoms with van der Waals surface area (Å²) in [5.74, 6) is -0.475. The summed E-state index contributed by atoms with van der Waals surface area (Å²) >= 11 is -0.526. The van der Waals surface area contributed by atoms with Crippen LogP contribution in [0.1, 0.15) is 30.9 Å². The molecule has 3 nitrogen and oxygen atoms in total. The first kappa shape index (κ1) is 19.7. The van der Waals surface area contributed by atoms with Crippen molar-refractivity contribution in [3.8, 4) is 0 Å². The second-order valence-corrected chi connectivity index (χ2v) is 8.48. The average Bonchev–Trinajstić information content (AvgIpc) is 2.68. The van der Waals surface area contributed by atoms with Crippen molar-refractivity contribution in [1.82, 2.24) is 0 Å². The topological polar surface area (TPSA) is 46.5 Å². The Labute approximate surface area is 159 Å². The Bertz CT molecular complexity index is 656. The fourth-order valence-corrected chi connectivity index (χ4v) is 5.47. The van der Waals surface area contributed by atoms with Crippen LogP contribution in [0.25, 0.3) is 0 Å². The predicted molar refractivity (Wildman–Crippen MR) is 101 cm³/mol. The van der Waals surface area contributed by atoms with Crippen LogP contribution < -0.4 is 0 Å². The predicted octanol–water partition coefficient (Wildman–Crippen LogP) is 3.90. The van der Waals surface area contributed by atoms with Gasteiger partial charge in [0, 0.05) is 0 Å². The van der Waals surface area contributed by atoms with E-state index in [1.807, 2.05) is 64.8 Å². The summed E-state index contributed by atoms with van der Waals surface area (Å²) in [5, 5.41) is 11.7. The van der Waals surface area contributed by atoms with Gasteiger partial charge < -0.3 is 0 Å². The van der Waals surface area contributed by atoms with Gasteiger partial charge in [-0.1, -0.05) is 0 Å². The third-order valence-corrected chi connectivity index (χ3v) is 6.64. The molecule has 0 saturated heterocycles. The fourth-order valence-electron chi connectivity index (χ4n) is 2.60. The number of methoxy groups -OCH3 is 1. The van der Waals surface area contributed by atoms with Crippen molar-refractivity contribution in [3.05, 3.63) is 81.5 Å². The molecule has 0 heterocycles. The molecule has 2 aromatic carbocycles. The second-order valence-electron chi connectivity index (χ2n) is 5.69. The zero-order valence-electron chi connectivity index (χ0n) is 14.6. The molecule has 4 heteroatoms. The molecular formula is C21H24O3Te. The number of unbranched alkanes of at least 4 members (excludes halogenated alkanes) is 1. The van der Waals surface area contributed by atoms with Gasteiger partial charge in [-0.05, 0) is 0 Å². The number of esters is 1. The fraction of sp³-hybridized carbons (Fsp3) is 0.286. The summed E-state index contributed by atoms with van der Waals surface area (Å²) in [5.41, 5.74) is 0.152. The first-order valence-electron chi connectivity index (χ1n) is 8.38. The zero-order chi connectivity index (χ0) is 18.1. The molecule has 0 aliphatic rings. The number of benzene rings is 2. The number of carbonyl (C=O) groups excluding carboxylic acids is 1. The molecule has 0 radical (unpaired) electrons. The quantitative estimate of drug-likeness (QED) is 0.286. The van der Waals surface area contributed by atoms with Crippen LogP contribution in [0, 0.1) is 0 Å². The molecule has 0 atom stereocenters. The summed E-state index contributed by atoms with van der Waals surface area (Å²) in [6, 6.07) is 18.6. The maximum absolute atomic E-state index is 12.5. The van der Waals surface area contributed by atoms with Gasteiger partial charge in [-0.25, -0.2) is 0 Å². The SMILES string of the molecule is CCCC[Te]/C=C(\C(=O)OC)C(O)(c1ccccc1)c1ccccc1. The van der Waals surface area contributed by atoms with Crippen LogP contribution in [0.15, 0.2) is 70.4 Å². The Kier molecular flexibility index (Phi) is 7.71. The Morgan fingerprint density at radius 3 is 2.04 bits per heavy atom. The van der Waals surface area contributed by atoms with E-state index >= 15 is 0 Å². The van der Waals surface area contributed by atoms with E-state index in [9.17, 15) is 9.90 Å². The summed E-state index contributed by atoms with van der Waals surface area (Å²) in [6.07, 6.45) is 2.27. The van der Waals surface area contributed by atoms with Crippen LogP contribution in [-0.2, 0) is 15.1 Å². The molecule has 0 spiro atoms. The molecule has 2 rings (SSSR count). The van der Waals surface area contributed by atoms with Crippen molar-refractivity contribution in [2.75, 3.05) is 7.11 Å². The number of hydrogen-bond donors (Lipinski definition) is 1. The van der Waals surface area contributed by atoms with E-state index in [-0.39, 0.29) is 0 Å². The van der Waals surface area contributed by atoms with Crippen molar-refractivity contribution >= 4 is 26.9 Å². The van der Waals surface area contributed by atoms with Crippen LogP contribution in [0.2, 0.25) is 4.47 Å². The van der Waals surface area contributed by atoms with Crippen molar-refractivity contribution in [3.63, 3.8) is 0 Å². The number of ether oxygens (including phenoxy) is 1. The van der Waals surface area contributed by atoms with Gasteiger partial charge in [0.15, 0.2) is 0 Å². The Morgan fingerprint density at radius 2 is 1.60 bits per heavy atom. The summed E-state index contributed by atoms with van der Waals surface area (Å²) in [6.45, 7) is 2.15. The average molecular weight is 452 g/mol. The molecule has 25 heavy (non-hydrogen) atoms. The van der Waals surface area contributed by atoms with Gasteiger partial charge in [-0.2, -0.15) is 0 Å². The van der Waals surface area contributed by atoms with Crippen molar-refractivity contribution in [2.45, 2.75) is 29.8 Å². The molecule has 132 valence electrons. The van der Waals surface area contributed by atoms with Gasteiger partial charge in [0.2, 0.25) is 0 Å². The number of carbonyl (C=O) groups is 1. The molecule has 0 fully saturated rings. The van der Waals surface area contributed by atoms with Crippen molar-refractivity contribution in [2.24, 2.45) is 0 Å². The molecule has 0 unspecified atom stereocenters. The maximum atomic E-state index is 12.5. The molecule has 2 aromatic rings. The van der Waals surface area contributed by atoms with Crippen LogP contribution >= 0.6 is 0 Å². The molecule has 1 N–H and O–H groups in total. The molecule has 0 aliphatic heterocycles. The zero-order valence-corrected chi connectivity index (χ0v) is 17.0. The van der Waals surface area contributed by atoms with Crippen LogP contribution in [0.3, 0.4) is 0 Å². The minimum absolute atomic E-state index is 0.325. The first-order chi connectivity index (χ1) is 12.1. The summed E-state index contributed by atoms with van der Waals surface area (Å²) in [4.78, 5) is 12.5. The molecular weight excluding hydrogens is 428 g/mol. The molecule has 0 amide bonds. The van der Waals surface area contributed by atoms with Crippen LogP contribution in [0.5, 0.6) is 0 Å². The summed E-state index contributed by atoms with van der Waals surface area (Å²) in [7, 11) is 1.36. The van der Waals surface area contributed by atoms with Gasteiger partial charge in [0.05, 0.1) is 0 Å². The van der Waals surface area contributed by atoms with E-state index in [2.05, 4.69) is 6.92 Å². The van der Waals surface area contributed by atoms with Crippen molar-refractivity contribution in [1.29, 1.82) is 0 Å². The van der Waals surface area contributed by atoms with E-state index < -0.39 is 32.5 Å². The normalized spacial score (nSPS) is 12.0. The van der Waals surface area contributed by atoms with E-state index in [0.717, 1.165) is 17.3 Å². The Morgan fingerprint density at radius 1 is 1.08 bits per heavy atom. The Balaban J connectivity index is 2.56. The van der Waals surface area contributed by atoms with Crippen molar-refractivity contribution < 1.29 is 14.6 Å². The monoisotopic (exact) mass is 454 g/mol. The van der Waals surface area contributed by atoms with Crippen LogP contribution in [-0.4, -0.2) is 39.1 Å². The molecule has 0 bridgehead atoms. The molecule has 0 aromatic heterocycles. The van der Waals surface area contributed by atoms with E-state index in [1.165, 1.54) is 7.11 Å². The third-order valence-electron chi connectivity index (χ3n) is 4.00. The Hall–Kier alpha value is -1.60. The van der Waals surface area contributed by atoms with E-state index in [4.69, 9.17) is 4.74 Å². The van der Waals surface area contributed by atoms with Gasteiger partial charge in [-0.3, -0.25) is 0 Å². The van der Waals surface area contributed by atoms with Gasteiger partial charge in [0.1, 0.15) is 0 Å². The minimum atomic E-state index is -1.51. The number of hydrogen-bond acceptors (Lipinski definition) is 3. The molecule has 0 aliphatic carbocycles. The number of rotatable bonds is 8. The van der Waals surface area contributed by atoms with Crippen LogP contribution in [0.4, 0.5) is 0 Å². The van der Waals surface area contributed by atoms with Gasteiger partial charge in [-0.15, -0.1) is 0 Å². The number of aliphatic hydroxyl groups is 1. The second kappa shape index (κ2) is 9.77. The first-order valence-corrected chi connectivity index (χ1v) is 11.4. The van der Waals surface area contributed by atoms with Gasteiger partial charge >= 0.3 is 160 Å². The standard InChI is InChI=1S/C21H24O3Te/c1-3-4-15-25-16-19(20(22)24-2)21(23,17-11-7-5-8-12-17)18-13-9-6-10-14-18/h5-14,16,23H,3-4,15H2,1-2H3/b19-16+. The van der Waals surface area contributed by atoms with E-state index in [1.54, 1.807) is 0 Å². The third kappa shape index (κ3) is 4.73. The van der Waals surface area contributed by atoms with E-state index in [0.29, 0.717) is 16.7 Å². The summed E-state index contributed by atoms with van der Waals surface area (Å²) < 4.78 is 8.06.